The number of rotatable bonds is 6. The molecule has 6 nitrogen and oxygen atoms in total. The molecule has 0 aliphatic rings. The van der Waals surface area contributed by atoms with Gasteiger partial charge in [-0.25, -0.2) is 4.98 Å². The zero-order valence-corrected chi connectivity index (χ0v) is 33.3. The molecule has 0 fully saturated rings. The monoisotopic (exact) mass is 800 g/mol. The average Bonchev–Trinajstić information content (AvgIpc) is 3.99. The summed E-state index contributed by atoms with van der Waals surface area (Å²) in [6, 6.07) is 63.8. The second-order valence-corrected chi connectivity index (χ2v) is 16.5. The van der Waals surface area contributed by atoms with Gasteiger partial charge in [0.1, 0.15) is 28.1 Å². The second kappa shape index (κ2) is 13.3. The molecule has 0 radical (unpaired) electrons. The van der Waals surface area contributed by atoms with Gasteiger partial charge in [0.25, 0.3) is 0 Å². The highest BCUT2D eigenvalue weighted by atomic mass is 32.1. The first-order valence-electron chi connectivity index (χ1n) is 20.3. The molecule has 7 heteroatoms. The molecule has 0 amide bonds. The Bertz CT molecular complexity index is 3620. The molecule has 5 aromatic heterocycles. The van der Waals surface area contributed by atoms with Crippen molar-refractivity contribution in [3.8, 4) is 0 Å². The standard InChI is InChI=1S/C54H32N4O2S/c1-3-15-38-33(11-1)13-9-19-45(38)57(35-23-25-42-40-17-5-7-21-47(40)59-49(42)27-35)37-29-52-54(56-31-37)44-32-55-53(30-51(44)61-52)58(46-20-10-14-34-12-2-4-16-39(34)46)36-24-26-43-41-18-6-8-22-48(41)60-50(43)28-36/h1-32H. The quantitative estimate of drug-likeness (QED) is 0.167. The number of thiophene rings is 1. The molecule has 0 saturated heterocycles. The summed E-state index contributed by atoms with van der Waals surface area (Å²) in [5.41, 5.74) is 9.35. The van der Waals surface area contributed by atoms with Crippen molar-refractivity contribution in [2.24, 2.45) is 0 Å². The smallest absolute Gasteiger partial charge is 0.138 e. The van der Waals surface area contributed by atoms with Crippen molar-refractivity contribution in [1.82, 2.24) is 9.97 Å². The number of hydrogen-bond acceptors (Lipinski definition) is 7. The number of furan rings is 2. The van der Waals surface area contributed by atoms with Gasteiger partial charge in [-0.2, -0.15) is 0 Å². The molecule has 0 saturated carbocycles. The Balaban J connectivity index is 0.981. The lowest BCUT2D eigenvalue weighted by molar-refractivity contribution is 0.668. The largest absolute Gasteiger partial charge is 0.456 e. The topological polar surface area (TPSA) is 58.5 Å². The Morgan fingerprint density at radius 2 is 0.885 bits per heavy atom. The van der Waals surface area contributed by atoms with E-state index in [1.54, 1.807) is 11.3 Å². The van der Waals surface area contributed by atoms with Gasteiger partial charge in [0.2, 0.25) is 0 Å². The van der Waals surface area contributed by atoms with Gasteiger partial charge in [-0.05, 0) is 71.4 Å². The van der Waals surface area contributed by atoms with Crippen molar-refractivity contribution in [2.75, 3.05) is 9.80 Å². The van der Waals surface area contributed by atoms with Gasteiger partial charge in [-0.1, -0.05) is 109 Å². The maximum Gasteiger partial charge on any atom is 0.138 e. The predicted octanol–water partition coefficient (Wildman–Crippen LogP) is 15.9. The van der Waals surface area contributed by atoms with Crippen LogP contribution in [0.1, 0.15) is 0 Å². The maximum atomic E-state index is 6.41. The zero-order chi connectivity index (χ0) is 40.0. The van der Waals surface area contributed by atoms with Gasteiger partial charge in [-0.15, -0.1) is 11.3 Å². The fourth-order valence-electron chi connectivity index (χ4n) is 9.10. The molecule has 13 rings (SSSR count). The highest BCUT2D eigenvalue weighted by Gasteiger charge is 2.22. The van der Waals surface area contributed by atoms with Crippen LogP contribution < -0.4 is 9.80 Å². The molecule has 0 aliphatic heterocycles. The van der Waals surface area contributed by atoms with E-state index in [0.717, 1.165) is 115 Å². The fourth-order valence-corrected chi connectivity index (χ4v) is 10.2. The summed E-state index contributed by atoms with van der Waals surface area (Å²) in [5.74, 6) is 0.808. The van der Waals surface area contributed by atoms with Gasteiger partial charge in [0.15, 0.2) is 0 Å². The average molecular weight is 801 g/mol. The van der Waals surface area contributed by atoms with Crippen molar-refractivity contribution in [2.45, 2.75) is 0 Å². The number of hydrogen-bond donors (Lipinski definition) is 0. The van der Waals surface area contributed by atoms with Crippen LogP contribution in [-0.2, 0) is 0 Å². The Kier molecular flexibility index (Phi) is 7.37. The molecule has 0 unspecified atom stereocenters. The second-order valence-electron chi connectivity index (χ2n) is 15.4. The van der Waals surface area contributed by atoms with E-state index in [-0.39, 0.29) is 0 Å². The summed E-state index contributed by atoms with van der Waals surface area (Å²) < 4.78 is 15.0. The van der Waals surface area contributed by atoms with E-state index in [1.165, 1.54) is 5.39 Å². The minimum atomic E-state index is 0.808. The summed E-state index contributed by atoms with van der Waals surface area (Å²) in [6.07, 6.45) is 3.96. The molecule has 13 aromatic rings. The Morgan fingerprint density at radius 3 is 1.52 bits per heavy atom. The lowest BCUT2D eigenvalue weighted by Gasteiger charge is -2.26. The minimum Gasteiger partial charge on any atom is -0.456 e. The van der Waals surface area contributed by atoms with E-state index in [4.69, 9.17) is 18.8 Å². The molecule has 0 spiro atoms. The van der Waals surface area contributed by atoms with Crippen LogP contribution in [0.2, 0.25) is 0 Å². The molecule has 286 valence electrons. The van der Waals surface area contributed by atoms with E-state index in [0.29, 0.717) is 0 Å². The Morgan fingerprint density at radius 1 is 0.361 bits per heavy atom. The van der Waals surface area contributed by atoms with Crippen LogP contribution in [0.5, 0.6) is 0 Å². The third-order valence-corrected chi connectivity index (χ3v) is 13.0. The van der Waals surface area contributed by atoms with Crippen molar-refractivity contribution in [3.05, 3.63) is 194 Å². The minimum absolute atomic E-state index is 0.808. The van der Waals surface area contributed by atoms with Gasteiger partial charge < -0.3 is 13.7 Å². The van der Waals surface area contributed by atoms with Gasteiger partial charge in [0.05, 0.1) is 39.2 Å². The Labute approximate surface area is 352 Å². The predicted molar refractivity (Wildman–Crippen MR) is 254 cm³/mol. The van der Waals surface area contributed by atoms with Crippen LogP contribution in [0, 0.1) is 0 Å². The number of para-hydroxylation sites is 2. The van der Waals surface area contributed by atoms with Crippen LogP contribution in [0.3, 0.4) is 0 Å². The SMILES string of the molecule is c1ccc2c(N(c3ccc4c(c3)oc3ccccc34)c3cnc4c(c3)sc3cc(N(c5ccc6c(c5)oc5ccccc56)c5cccc6ccccc56)ncc34)cccc2c1. The molecule has 0 bridgehead atoms. The molecule has 0 atom stereocenters. The van der Waals surface area contributed by atoms with Crippen molar-refractivity contribution >= 4 is 131 Å². The number of fused-ring (bicyclic) bond motifs is 11. The van der Waals surface area contributed by atoms with Crippen molar-refractivity contribution in [3.63, 3.8) is 0 Å². The first-order chi connectivity index (χ1) is 30.2. The highest BCUT2D eigenvalue weighted by Crippen LogP contribution is 2.46. The van der Waals surface area contributed by atoms with E-state index in [9.17, 15) is 0 Å². The van der Waals surface area contributed by atoms with Crippen LogP contribution in [0.4, 0.5) is 34.3 Å². The third kappa shape index (κ3) is 5.34. The van der Waals surface area contributed by atoms with E-state index >= 15 is 0 Å². The van der Waals surface area contributed by atoms with Gasteiger partial charge in [-0.3, -0.25) is 9.88 Å². The number of benzene rings is 8. The number of pyridine rings is 2. The van der Waals surface area contributed by atoms with Crippen LogP contribution in [0.15, 0.2) is 203 Å². The highest BCUT2D eigenvalue weighted by molar-refractivity contribution is 7.25. The third-order valence-electron chi connectivity index (χ3n) is 11.9. The first kappa shape index (κ1) is 33.9. The Hall–Kier alpha value is -8.00. The van der Waals surface area contributed by atoms with Crippen LogP contribution >= 0.6 is 11.3 Å². The van der Waals surface area contributed by atoms with Gasteiger partial charge >= 0.3 is 0 Å². The first-order valence-corrected chi connectivity index (χ1v) is 21.1. The lowest BCUT2D eigenvalue weighted by atomic mass is 10.1. The van der Waals surface area contributed by atoms with Crippen LogP contribution in [-0.4, -0.2) is 9.97 Å². The maximum absolute atomic E-state index is 6.41. The van der Waals surface area contributed by atoms with Gasteiger partial charge in [0, 0.05) is 66.4 Å². The summed E-state index contributed by atoms with van der Waals surface area (Å²) >= 11 is 1.73. The molecule has 61 heavy (non-hydrogen) atoms. The van der Waals surface area contributed by atoms with Crippen molar-refractivity contribution < 1.29 is 8.83 Å². The zero-order valence-electron chi connectivity index (χ0n) is 32.5. The lowest BCUT2D eigenvalue weighted by Crippen LogP contribution is -2.11. The number of aromatic nitrogens is 2. The molecule has 8 aromatic carbocycles. The summed E-state index contributed by atoms with van der Waals surface area (Å²) in [4.78, 5) is 14.9. The summed E-state index contributed by atoms with van der Waals surface area (Å²) in [5, 5.41) is 10.0. The molecule has 0 aliphatic carbocycles. The normalized spacial score (nSPS) is 11.9. The molecule has 0 N–H and O–H groups in total. The van der Waals surface area contributed by atoms with E-state index < -0.39 is 0 Å². The molecule has 5 heterocycles. The summed E-state index contributed by atoms with van der Waals surface area (Å²) in [7, 11) is 0. The number of nitrogens with zero attached hydrogens (tertiary/aromatic N) is 4. The van der Waals surface area contributed by atoms with E-state index in [1.807, 2.05) is 36.7 Å². The molecular weight excluding hydrogens is 769 g/mol. The van der Waals surface area contributed by atoms with Crippen LogP contribution in [0.25, 0.3) is 85.7 Å². The summed E-state index contributed by atoms with van der Waals surface area (Å²) in [6.45, 7) is 0. The number of anilines is 6. The fraction of sp³-hybridized carbons (Fsp3) is 0. The molecular formula is C54H32N4O2S. The van der Waals surface area contributed by atoms with Crippen molar-refractivity contribution in [1.29, 1.82) is 0 Å². The van der Waals surface area contributed by atoms with E-state index in [2.05, 4.69) is 168 Å².